The predicted molar refractivity (Wildman–Crippen MR) is 93.7 cm³/mol. The van der Waals surface area contributed by atoms with Gasteiger partial charge in [0.2, 0.25) is 0 Å². The van der Waals surface area contributed by atoms with Crippen molar-refractivity contribution in [1.29, 1.82) is 0 Å². The molecule has 0 saturated heterocycles. The average Bonchev–Trinajstić information content (AvgIpc) is 2.66. The van der Waals surface area contributed by atoms with Crippen LogP contribution in [-0.2, 0) is 6.42 Å². The lowest BCUT2D eigenvalue weighted by Crippen LogP contribution is -2.51. The van der Waals surface area contributed by atoms with Gasteiger partial charge in [0.1, 0.15) is 0 Å². The molecular weight excluding hydrogens is 487 g/mol. The zero-order valence-corrected chi connectivity index (χ0v) is 16.5. The van der Waals surface area contributed by atoms with E-state index in [0.717, 1.165) is 0 Å². The van der Waals surface area contributed by atoms with Crippen LogP contribution in [0.5, 0.6) is 0 Å². The molecule has 0 saturated carbocycles. The summed E-state index contributed by atoms with van der Waals surface area (Å²) in [4.78, 5) is 0. The second-order valence-electron chi connectivity index (χ2n) is 7.09. The molecule has 0 aliphatic rings. The van der Waals surface area contributed by atoms with Crippen LogP contribution in [0.1, 0.15) is 30.4 Å². The number of hydrogen-bond acceptors (Lipinski definition) is 0. The minimum absolute atomic E-state index is 0.203. The number of hydrogen-bond donors (Lipinski definition) is 0. The third-order valence-corrected chi connectivity index (χ3v) is 4.75. The Kier molecular flexibility index (Phi) is 9.06. The van der Waals surface area contributed by atoms with Crippen LogP contribution >= 0.6 is 0 Å². The predicted octanol–water partition coefficient (Wildman–Crippen LogP) is 8.54. The first-order chi connectivity index (χ1) is 14.9. The Morgan fingerprint density at radius 1 is 0.879 bits per heavy atom. The van der Waals surface area contributed by atoms with Crippen LogP contribution in [0, 0.1) is 5.92 Å². The summed E-state index contributed by atoms with van der Waals surface area (Å²) in [5.41, 5.74) is 0.912. The molecule has 188 valence electrons. The fraction of sp³-hybridized carbons (Fsp3) is 0.500. The molecule has 1 aromatic carbocycles. The van der Waals surface area contributed by atoms with Gasteiger partial charge in [0, 0.05) is 6.42 Å². The van der Waals surface area contributed by atoms with Crippen LogP contribution in [-0.4, -0.2) is 30.1 Å². The number of benzene rings is 1. The van der Waals surface area contributed by atoms with Crippen molar-refractivity contribution in [3.63, 3.8) is 0 Å². The first-order valence-electron chi connectivity index (χ1n) is 9.13. The van der Waals surface area contributed by atoms with E-state index in [2.05, 4.69) is 6.58 Å². The molecule has 0 nitrogen and oxygen atoms in total. The average molecular weight is 504 g/mol. The Morgan fingerprint density at radius 2 is 1.42 bits per heavy atom. The Labute approximate surface area is 179 Å². The van der Waals surface area contributed by atoms with Crippen molar-refractivity contribution in [2.24, 2.45) is 5.92 Å². The molecule has 0 heterocycles. The molecule has 0 radical (unpaired) electrons. The first kappa shape index (κ1) is 28.8. The summed E-state index contributed by atoms with van der Waals surface area (Å²) in [6.07, 6.45) is -19.5. The van der Waals surface area contributed by atoms with Gasteiger partial charge in [-0.2, -0.15) is 39.5 Å². The highest BCUT2D eigenvalue weighted by molar-refractivity contribution is 5.51. The monoisotopic (exact) mass is 504 g/mol. The van der Waals surface area contributed by atoms with E-state index >= 15 is 0 Å². The van der Waals surface area contributed by atoms with Gasteiger partial charge in [-0.1, -0.05) is 36.9 Å². The molecule has 0 N–H and O–H groups in total. The fourth-order valence-corrected chi connectivity index (χ4v) is 2.98. The fourth-order valence-electron chi connectivity index (χ4n) is 2.98. The molecule has 0 bridgehead atoms. The normalized spacial score (nSPS) is 15.2. The molecule has 0 fully saturated rings. The van der Waals surface area contributed by atoms with Crippen LogP contribution in [0.2, 0.25) is 0 Å². The van der Waals surface area contributed by atoms with E-state index in [1.54, 1.807) is 6.07 Å². The van der Waals surface area contributed by atoms with E-state index < -0.39 is 67.2 Å². The van der Waals surface area contributed by atoms with Crippen molar-refractivity contribution in [2.45, 2.75) is 55.8 Å². The standard InChI is InChI=1S/C20H17F13/c1-2-11-6-3-4-7-12(11)8-5-9-17(25,26)18(27,28)10-13(21)19(29,30)15(20(31,32)33)14(22)16(23)24/h2-4,6-7,13,15H,1,5,8-10H2. The van der Waals surface area contributed by atoms with Gasteiger partial charge in [-0.3, -0.25) is 0 Å². The van der Waals surface area contributed by atoms with Gasteiger partial charge in [0.25, 0.3) is 5.92 Å². The molecular formula is C20H17F13. The summed E-state index contributed by atoms with van der Waals surface area (Å²) in [5, 5.41) is 0. The highest BCUT2D eigenvalue weighted by atomic mass is 19.4. The van der Waals surface area contributed by atoms with Crippen LogP contribution < -0.4 is 0 Å². The smallest absolute Gasteiger partial charge is 0.241 e. The number of halogens is 13. The second-order valence-corrected chi connectivity index (χ2v) is 7.09. The minimum atomic E-state index is -6.53. The van der Waals surface area contributed by atoms with E-state index in [1.165, 1.54) is 24.3 Å². The van der Waals surface area contributed by atoms with E-state index in [1.807, 2.05) is 0 Å². The van der Waals surface area contributed by atoms with Crippen molar-refractivity contribution in [3.8, 4) is 0 Å². The van der Waals surface area contributed by atoms with Gasteiger partial charge >= 0.3 is 24.1 Å². The number of allylic oxidation sites excluding steroid dienone is 1. The van der Waals surface area contributed by atoms with Crippen molar-refractivity contribution >= 4 is 6.08 Å². The van der Waals surface area contributed by atoms with Gasteiger partial charge in [0.05, 0.1) is 6.42 Å². The molecule has 33 heavy (non-hydrogen) atoms. The van der Waals surface area contributed by atoms with Gasteiger partial charge < -0.3 is 0 Å². The second kappa shape index (κ2) is 10.4. The largest absolute Gasteiger partial charge is 0.404 e. The lowest BCUT2D eigenvalue weighted by molar-refractivity contribution is -0.269. The van der Waals surface area contributed by atoms with E-state index in [9.17, 15) is 57.1 Å². The van der Waals surface area contributed by atoms with Gasteiger partial charge in [-0.15, -0.1) is 0 Å². The van der Waals surface area contributed by atoms with Gasteiger partial charge in [0.15, 0.2) is 17.9 Å². The summed E-state index contributed by atoms with van der Waals surface area (Å²) in [6.45, 7) is 3.46. The lowest BCUT2D eigenvalue weighted by atomic mass is 9.90. The summed E-state index contributed by atoms with van der Waals surface area (Å²) in [6, 6.07) is 6.09. The minimum Gasteiger partial charge on any atom is -0.241 e. The molecule has 0 spiro atoms. The molecule has 0 aliphatic carbocycles. The summed E-state index contributed by atoms with van der Waals surface area (Å²) < 4.78 is 172. The van der Waals surface area contributed by atoms with Crippen LogP contribution in [0.15, 0.2) is 42.8 Å². The van der Waals surface area contributed by atoms with Crippen molar-refractivity contribution in [1.82, 2.24) is 0 Å². The molecule has 0 amide bonds. The maximum Gasteiger partial charge on any atom is 0.404 e. The van der Waals surface area contributed by atoms with Crippen LogP contribution in [0.4, 0.5) is 57.1 Å². The summed E-state index contributed by atoms with van der Waals surface area (Å²) in [5.74, 6) is -25.9. The Balaban J connectivity index is 3.02. The van der Waals surface area contributed by atoms with E-state index in [-0.39, 0.29) is 6.42 Å². The van der Waals surface area contributed by atoms with Gasteiger partial charge in [-0.25, -0.2) is 17.6 Å². The van der Waals surface area contributed by atoms with Crippen molar-refractivity contribution in [2.75, 3.05) is 0 Å². The molecule has 1 aromatic rings. The zero-order valence-electron chi connectivity index (χ0n) is 16.5. The topological polar surface area (TPSA) is 0 Å². The van der Waals surface area contributed by atoms with Crippen molar-refractivity contribution < 1.29 is 57.1 Å². The number of rotatable bonds is 11. The molecule has 1 rings (SSSR count). The Bertz CT molecular complexity index is 835. The maximum absolute atomic E-state index is 13.9. The summed E-state index contributed by atoms with van der Waals surface area (Å²) in [7, 11) is 0. The van der Waals surface area contributed by atoms with E-state index in [4.69, 9.17) is 0 Å². The molecule has 0 aromatic heterocycles. The Hall–Kier alpha value is -2.21. The quantitative estimate of drug-likeness (QED) is 0.265. The Morgan fingerprint density at radius 3 is 1.91 bits per heavy atom. The van der Waals surface area contributed by atoms with Gasteiger partial charge in [-0.05, 0) is 24.0 Å². The first-order valence-corrected chi connectivity index (χ1v) is 9.13. The summed E-state index contributed by atoms with van der Waals surface area (Å²) >= 11 is 0. The molecule has 13 heteroatoms. The molecule has 2 atom stereocenters. The maximum atomic E-state index is 13.9. The third kappa shape index (κ3) is 6.89. The SMILES string of the molecule is C=Cc1ccccc1CCCC(F)(F)C(F)(F)CC(F)C(F)(F)C(C(F)=C(F)F)C(F)(F)F. The molecule has 0 aliphatic heterocycles. The lowest BCUT2D eigenvalue weighted by Gasteiger charge is -2.33. The van der Waals surface area contributed by atoms with E-state index in [0.29, 0.717) is 11.1 Å². The highest BCUT2D eigenvalue weighted by Gasteiger charge is 2.66. The van der Waals surface area contributed by atoms with Crippen molar-refractivity contribution in [3.05, 3.63) is 53.9 Å². The van der Waals surface area contributed by atoms with Crippen LogP contribution in [0.3, 0.4) is 0 Å². The number of aryl methyl sites for hydroxylation is 1. The zero-order chi connectivity index (χ0) is 25.8. The molecule has 2 unspecified atom stereocenters. The number of alkyl halides is 10. The third-order valence-electron chi connectivity index (χ3n) is 4.75. The highest BCUT2D eigenvalue weighted by Crippen LogP contribution is 2.50. The van der Waals surface area contributed by atoms with Crippen LogP contribution in [0.25, 0.3) is 6.08 Å².